The molecule has 9 heteroatoms. The highest BCUT2D eigenvalue weighted by Crippen LogP contribution is 2.22. The topological polar surface area (TPSA) is 118 Å². The van der Waals surface area contributed by atoms with Crippen molar-refractivity contribution in [3.63, 3.8) is 0 Å². The fourth-order valence-electron chi connectivity index (χ4n) is 1.99. The number of benzene rings is 1. The molecular weight excluding hydrogens is 356 g/mol. The standard InChI is InChI=1S/C17H12N4O4S/c18-8-7-15(22)19-12-5-3-11(4-6-12)17(23)24-10-14-20-16(25-21-14)13-2-1-9-26-13/h1-6,9H,7,10H2,(H,19,22). The van der Waals surface area contributed by atoms with Crippen LogP contribution >= 0.6 is 11.3 Å². The van der Waals surface area contributed by atoms with Gasteiger partial charge in [-0.2, -0.15) is 10.2 Å². The molecule has 0 aliphatic heterocycles. The number of nitrogens with zero attached hydrogens (tertiary/aromatic N) is 3. The van der Waals surface area contributed by atoms with Gasteiger partial charge in [0.1, 0.15) is 6.42 Å². The van der Waals surface area contributed by atoms with Crippen LogP contribution in [0.25, 0.3) is 10.8 Å². The number of amides is 1. The number of hydrogen-bond acceptors (Lipinski definition) is 8. The summed E-state index contributed by atoms with van der Waals surface area (Å²) < 4.78 is 10.3. The number of thiophene rings is 1. The first-order valence-corrected chi connectivity index (χ1v) is 8.34. The van der Waals surface area contributed by atoms with Crippen LogP contribution in [-0.4, -0.2) is 22.0 Å². The number of nitrogens with one attached hydrogen (secondary N) is 1. The first-order chi connectivity index (χ1) is 12.7. The number of ether oxygens (including phenoxy) is 1. The van der Waals surface area contributed by atoms with Gasteiger partial charge >= 0.3 is 5.97 Å². The largest absolute Gasteiger partial charge is 0.454 e. The van der Waals surface area contributed by atoms with Crippen molar-refractivity contribution in [2.45, 2.75) is 13.0 Å². The lowest BCUT2D eigenvalue weighted by Crippen LogP contribution is -2.10. The van der Waals surface area contributed by atoms with Gasteiger partial charge in [0.15, 0.2) is 6.61 Å². The second-order valence-electron chi connectivity index (χ2n) is 5.03. The number of esters is 1. The van der Waals surface area contributed by atoms with Gasteiger partial charge in [0, 0.05) is 5.69 Å². The summed E-state index contributed by atoms with van der Waals surface area (Å²) in [6.07, 6.45) is -0.234. The normalized spacial score (nSPS) is 10.1. The molecule has 3 rings (SSSR count). The van der Waals surface area contributed by atoms with Gasteiger partial charge in [0.05, 0.1) is 16.5 Å². The van der Waals surface area contributed by atoms with Gasteiger partial charge in [-0.05, 0) is 35.7 Å². The Kier molecular flexibility index (Phi) is 5.36. The molecule has 3 aromatic rings. The number of hydrogen-bond donors (Lipinski definition) is 1. The first kappa shape index (κ1) is 17.3. The Bertz CT molecular complexity index is 942. The van der Waals surface area contributed by atoms with E-state index in [9.17, 15) is 9.59 Å². The zero-order chi connectivity index (χ0) is 18.4. The third-order valence-corrected chi connectivity index (χ3v) is 4.03. The van der Waals surface area contributed by atoms with E-state index >= 15 is 0 Å². The monoisotopic (exact) mass is 368 g/mol. The molecule has 0 bridgehead atoms. The first-order valence-electron chi connectivity index (χ1n) is 7.46. The van der Waals surface area contributed by atoms with Crippen molar-refractivity contribution in [2.75, 3.05) is 5.32 Å². The van der Waals surface area contributed by atoms with E-state index in [0.717, 1.165) is 4.88 Å². The molecule has 0 aliphatic rings. The minimum atomic E-state index is -0.553. The molecule has 8 nitrogen and oxygen atoms in total. The maximum absolute atomic E-state index is 12.1. The molecule has 0 radical (unpaired) electrons. The van der Waals surface area contributed by atoms with Crippen LogP contribution in [0.5, 0.6) is 0 Å². The van der Waals surface area contributed by atoms with E-state index in [1.807, 2.05) is 17.5 Å². The van der Waals surface area contributed by atoms with Crippen molar-refractivity contribution < 1.29 is 18.8 Å². The number of rotatable bonds is 6. The summed E-state index contributed by atoms with van der Waals surface area (Å²) in [6.45, 7) is -0.117. The molecule has 0 spiro atoms. The van der Waals surface area contributed by atoms with Crippen LogP contribution in [0.2, 0.25) is 0 Å². The quantitative estimate of drug-likeness (QED) is 0.664. The molecule has 2 aromatic heterocycles. The van der Waals surface area contributed by atoms with Crippen LogP contribution in [0.3, 0.4) is 0 Å². The Morgan fingerprint density at radius 1 is 1.27 bits per heavy atom. The van der Waals surface area contributed by atoms with E-state index in [4.69, 9.17) is 14.5 Å². The van der Waals surface area contributed by atoms with E-state index in [1.165, 1.54) is 23.5 Å². The van der Waals surface area contributed by atoms with Crippen molar-refractivity contribution in [1.82, 2.24) is 10.1 Å². The smallest absolute Gasteiger partial charge is 0.338 e. The fraction of sp³-hybridized carbons (Fsp3) is 0.118. The fourth-order valence-corrected chi connectivity index (χ4v) is 2.64. The Balaban J connectivity index is 1.55. The molecule has 0 aliphatic carbocycles. The molecule has 1 aromatic carbocycles. The van der Waals surface area contributed by atoms with Crippen molar-refractivity contribution >= 4 is 28.9 Å². The highest BCUT2D eigenvalue weighted by Gasteiger charge is 2.13. The van der Waals surface area contributed by atoms with Gasteiger partial charge in [-0.1, -0.05) is 11.2 Å². The van der Waals surface area contributed by atoms with Gasteiger partial charge in [-0.3, -0.25) is 4.79 Å². The Hall–Kier alpha value is -3.51. The molecule has 2 heterocycles. The molecule has 130 valence electrons. The van der Waals surface area contributed by atoms with Gasteiger partial charge in [0.25, 0.3) is 5.89 Å². The van der Waals surface area contributed by atoms with Crippen molar-refractivity contribution in [3.05, 3.63) is 53.2 Å². The SMILES string of the molecule is N#CCC(=O)Nc1ccc(C(=O)OCc2noc(-c3cccs3)n2)cc1. The van der Waals surface area contributed by atoms with Gasteiger partial charge in [-0.25, -0.2) is 4.79 Å². The summed E-state index contributed by atoms with van der Waals surface area (Å²) in [5.74, 6) is -0.325. The predicted molar refractivity (Wildman–Crippen MR) is 92.0 cm³/mol. The lowest BCUT2D eigenvalue weighted by Gasteiger charge is -2.05. The molecule has 0 saturated carbocycles. The molecule has 26 heavy (non-hydrogen) atoms. The predicted octanol–water partition coefficient (Wildman–Crippen LogP) is 3.01. The minimum absolute atomic E-state index is 0.117. The van der Waals surface area contributed by atoms with Crippen LogP contribution in [0.4, 0.5) is 5.69 Å². The molecule has 0 saturated heterocycles. The second kappa shape index (κ2) is 8.04. The molecule has 0 unspecified atom stereocenters. The number of carbonyl (C=O) groups is 2. The summed E-state index contributed by atoms with van der Waals surface area (Å²) in [7, 11) is 0. The van der Waals surface area contributed by atoms with Gasteiger partial charge in [-0.15, -0.1) is 11.3 Å². The van der Waals surface area contributed by atoms with Crippen molar-refractivity contribution in [3.8, 4) is 16.8 Å². The number of carbonyl (C=O) groups excluding carboxylic acids is 2. The molecular formula is C17H12N4O4S. The summed E-state index contributed by atoms with van der Waals surface area (Å²) in [6, 6.07) is 11.6. The average molecular weight is 368 g/mol. The third kappa shape index (κ3) is 4.31. The zero-order valence-corrected chi connectivity index (χ0v) is 14.2. The summed E-state index contributed by atoms with van der Waals surface area (Å²) in [5, 5.41) is 16.7. The maximum Gasteiger partial charge on any atom is 0.338 e. The highest BCUT2D eigenvalue weighted by atomic mass is 32.1. The lowest BCUT2D eigenvalue weighted by molar-refractivity contribution is -0.115. The molecule has 1 amide bonds. The number of anilines is 1. The van der Waals surface area contributed by atoms with Gasteiger partial charge < -0.3 is 14.6 Å². The van der Waals surface area contributed by atoms with E-state index in [-0.39, 0.29) is 18.9 Å². The van der Waals surface area contributed by atoms with Gasteiger partial charge in [0.2, 0.25) is 11.7 Å². The second-order valence-corrected chi connectivity index (χ2v) is 5.98. The van der Waals surface area contributed by atoms with E-state index in [2.05, 4.69) is 15.5 Å². The van der Waals surface area contributed by atoms with E-state index in [1.54, 1.807) is 18.2 Å². The minimum Gasteiger partial charge on any atom is -0.454 e. The summed E-state index contributed by atoms with van der Waals surface area (Å²) >= 11 is 1.47. The van der Waals surface area contributed by atoms with E-state index in [0.29, 0.717) is 17.1 Å². The number of nitriles is 1. The molecule has 0 fully saturated rings. The summed E-state index contributed by atoms with van der Waals surface area (Å²) in [4.78, 5) is 28.4. The van der Waals surface area contributed by atoms with Crippen LogP contribution < -0.4 is 5.32 Å². The van der Waals surface area contributed by atoms with Crippen LogP contribution in [0.1, 0.15) is 22.6 Å². The maximum atomic E-state index is 12.1. The Morgan fingerprint density at radius 2 is 2.08 bits per heavy atom. The Labute approximate surface area is 152 Å². The van der Waals surface area contributed by atoms with Crippen molar-refractivity contribution in [2.24, 2.45) is 0 Å². The van der Waals surface area contributed by atoms with E-state index < -0.39 is 11.9 Å². The third-order valence-electron chi connectivity index (χ3n) is 3.18. The van der Waals surface area contributed by atoms with Crippen molar-refractivity contribution in [1.29, 1.82) is 5.26 Å². The molecule has 0 atom stereocenters. The van der Waals surface area contributed by atoms with Crippen LogP contribution in [-0.2, 0) is 16.1 Å². The number of aromatic nitrogens is 2. The van der Waals surface area contributed by atoms with Crippen LogP contribution in [0.15, 0.2) is 46.3 Å². The highest BCUT2D eigenvalue weighted by molar-refractivity contribution is 7.13. The Morgan fingerprint density at radius 3 is 2.77 bits per heavy atom. The van der Waals surface area contributed by atoms with Crippen LogP contribution in [0, 0.1) is 11.3 Å². The average Bonchev–Trinajstić information content (AvgIpc) is 3.32. The molecule has 1 N–H and O–H groups in total. The lowest BCUT2D eigenvalue weighted by atomic mass is 10.2. The summed E-state index contributed by atoms with van der Waals surface area (Å²) in [5.41, 5.74) is 0.797. The zero-order valence-electron chi connectivity index (χ0n) is 13.3.